The van der Waals surface area contributed by atoms with E-state index in [1.165, 1.54) is 225 Å². The Morgan fingerprint density at radius 2 is 0.672 bits per heavy atom. The zero-order chi connectivity index (χ0) is 43.0. The second kappa shape index (κ2) is 33.5. The van der Waals surface area contributed by atoms with Crippen LogP contribution in [0.5, 0.6) is 11.5 Å². The van der Waals surface area contributed by atoms with Crippen molar-refractivity contribution in [3.05, 3.63) is 34.0 Å². The van der Waals surface area contributed by atoms with Crippen LogP contribution < -0.4 is 9.47 Å². The summed E-state index contributed by atoms with van der Waals surface area (Å²) in [5, 5.41) is 4.74. The fraction of sp³-hybridized carbons (Fsp3) is 0.741. The highest BCUT2D eigenvalue weighted by Crippen LogP contribution is 2.53. The fourth-order valence-corrected chi connectivity index (χ4v) is 11.3. The predicted octanol–water partition coefficient (Wildman–Crippen LogP) is 19.6. The molecular formula is C54H88N2O2S3. The second-order valence-corrected chi connectivity index (χ2v) is 20.5. The van der Waals surface area contributed by atoms with E-state index >= 15 is 0 Å². The molecule has 61 heavy (non-hydrogen) atoms. The molecule has 0 unspecified atom stereocenters. The van der Waals surface area contributed by atoms with Gasteiger partial charge in [-0.3, -0.25) is 0 Å². The first kappa shape index (κ1) is 51.7. The third-order valence-electron chi connectivity index (χ3n) is 12.5. The van der Waals surface area contributed by atoms with Gasteiger partial charge in [-0.1, -0.05) is 207 Å². The summed E-state index contributed by atoms with van der Waals surface area (Å²) in [4.78, 5) is 2.47. The van der Waals surface area contributed by atoms with Gasteiger partial charge >= 0.3 is 0 Å². The minimum atomic E-state index is 0.699. The second-order valence-electron chi connectivity index (χ2n) is 18.1. The smallest absolute Gasteiger partial charge is 0.172 e. The first-order chi connectivity index (χ1) is 30.2. The number of hydrogen-bond acceptors (Lipinski definition) is 7. The van der Waals surface area contributed by atoms with Crippen LogP contribution >= 0.6 is 34.4 Å². The minimum Gasteiger partial charge on any atom is -0.489 e. The summed E-state index contributed by atoms with van der Waals surface area (Å²) in [5.41, 5.74) is 6.98. The summed E-state index contributed by atoms with van der Waals surface area (Å²) >= 11 is 5.01. The number of hydrogen-bond donors (Lipinski definition) is 0. The maximum atomic E-state index is 7.06. The van der Waals surface area contributed by atoms with Crippen molar-refractivity contribution >= 4 is 45.4 Å². The fourth-order valence-electron chi connectivity index (χ4n) is 8.71. The molecule has 7 heteroatoms. The van der Waals surface area contributed by atoms with Crippen molar-refractivity contribution in [3.8, 4) is 32.4 Å². The van der Waals surface area contributed by atoms with Crippen LogP contribution in [-0.2, 0) is 12.8 Å². The summed E-state index contributed by atoms with van der Waals surface area (Å²) in [5.74, 6) is 1.80. The molecule has 0 radical (unpaired) electrons. The minimum absolute atomic E-state index is 0.699. The van der Waals surface area contributed by atoms with E-state index in [4.69, 9.17) is 18.2 Å². The Morgan fingerprint density at radius 1 is 0.377 bits per heavy atom. The average Bonchev–Trinajstić information content (AvgIpc) is 4.07. The molecule has 4 rings (SSSR count). The Kier molecular flexibility index (Phi) is 28.4. The van der Waals surface area contributed by atoms with Crippen LogP contribution in [-0.4, -0.2) is 22.0 Å². The topological polar surface area (TPSA) is 44.2 Å². The third kappa shape index (κ3) is 19.8. The molecule has 0 N–H and O–H groups in total. The molecule has 0 aliphatic rings. The van der Waals surface area contributed by atoms with Gasteiger partial charge in [0, 0.05) is 9.75 Å². The van der Waals surface area contributed by atoms with E-state index in [0.29, 0.717) is 13.2 Å². The van der Waals surface area contributed by atoms with Gasteiger partial charge in [0.1, 0.15) is 11.0 Å². The maximum absolute atomic E-state index is 7.06. The predicted molar refractivity (Wildman–Crippen MR) is 273 cm³/mol. The van der Waals surface area contributed by atoms with Gasteiger partial charge in [-0.05, 0) is 72.5 Å². The average molecular weight is 894 g/mol. The summed E-state index contributed by atoms with van der Waals surface area (Å²) in [6, 6.07) is 4.82. The van der Waals surface area contributed by atoms with E-state index in [2.05, 4.69) is 50.6 Å². The molecule has 3 heterocycles. The lowest BCUT2D eigenvalue weighted by molar-refractivity contribution is 0.260. The van der Waals surface area contributed by atoms with E-state index < -0.39 is 0 Å². The third-order valence-corrected chi connectivity index (χ3v) is 15.1. The number of ether oxygens (including phenoxy) is 2. The van der Waals surface area contributed by atoms with Crippen LogP contribution in [0, 0.1) is 0 Å². The Balaban J connectivity index is 1.52. The summed E-state index contributed by atoms with van der Waals surface area (Å²) in [6.07, 6.45) is 44.5. The maximum Gasteiger partial charge on any atom is 0.172 e. The van der Waals surface area contributed by atoms with Crippen LogP contribution in [0.2, 0.25) is 0 Å². The summed E-state index contributed by atoms with van der Waals surface area (Å²) < 4.78 is 24.2. The van der Waals surface area contributed by atoms with Crippen molar-refractivity contribution in [1.82, 2.24) is 8.75 Å². The SMILES string of the molecule is CCCCCCCCCCCCCCOc1c(OCCCCCCCCCCCCCC)c(-c2cc(CCCCCC)cs2)c2nsnc2c1-c1cc(CCCCCC)cs1. The lowest BCUT2D eigenvalue weighted by atomic mass is 10.0. The lowest BCUT2D eigenvalue weighted by Gasteiger charge is -2.20. The Bertz CT molecular complexity index is 1540. The highest BCUT2D eigenvalue weighted by Gasteiger charge is 2.28. The standard InChI is InChI=1S/C54H88N2O2S3/c1-5-9-13-17-19-21-23-25-27-29-31-35-39-57-53-49(47-41-45(43-59-47)37-33-15-11-7-3)51-52(56-61-55-51)50(48-42-46(44-60-48)38-34-16-12-8-4)54(53)58-40-36-32-30-28-26-24-22-20-18-14-10-6-2/h41-44H,5-40H2,1-4H3. The number of unbranched alkanes of at least 4 members (excludes halogenated alkanes) is 28. The molecule has 0 saturated carbocycles. The summed E-state index contributed by atoms with van der Waals surface area (Å²) in [7, 11) is 0. The van der Waals surface area contributed by atoms with Crippen LogP contribution in [0.15, 0.2) is 22.9 Å². The molecule has 3 aromatic heterocycles. The quantitative estimate of drug-likeness (QED) is 0.0417. The van der Waals surface area contributed by atoms with Crippen molar-refractivity contribution in [3.63, 3.8) is 0 Å². The van der Waals surface area contributed by atoms with Crippen LogP contribution in [0.25, 0.3) is 31.9 Å². The van der Waals surface area contributed by atoms with Gasteiger partial charge in [-0.15, -0.1) is 22.7 Å². The van der Waals surface area contributed by atoms with Gasteiger partial charge in [-0.25, -0.2) is 0 Å². The highest BCUT2D eigenvalue weighted by molar-refractivity contribution is 7.14. The number of nitrogens with zero attached hydrogens (tertiary/aromatic N) is 2. The van der Waals surface area contributed by atoms with Crippen molar-refractivity contribution in [1.29, 1.82) is 0 Å². The molecule has 0 atom stereocenters. The molecule has 0 aliphatic heterocycles. The van der Waals surface area contributed by atoms with E-state index in [9.17, 15) is 0 Å². The number of benzene rings is 1. The molecule has 0 amide bonds. The van der Waals surface area contributed by atoms with Gasteiger partial charge in [0.05, 0.1) is 36.1 Å². The normalized spacial score (nSPS) is 11.7. The van der Waals surface area contributed by atoms with Gasteiger partial charge in [0.25, 0.3) is 0 Å². The van der Waals surface area contributed by atoms with Crippen LogP contribution in [0.4, 0.5) is 0 Å². The molecular weight excluding hydrogens is 805 g/mol. The molecule has 344 valence electrons. The van der Waals surface area contributed by atoms with E-state index in [1.54, 1.807) is 0 Å². The summed E-state index contributed by atoms with van der Waals surface area (Å²) in [6.45, 7) is 10.6. The van der Waals surface area contributed by atoms with Crippen LogP contribution in [0.3, 0.4) is 0 Å². The number of fused-ring (bicyclic) bond motifs is 1. The van der Waals surface area contributed by atoms with Crippen LogP contribution in [0.1, 0.15) is 244 Å². The Morgan fingerprint density at radius 3 is 1.00 bits per heavy atom. The molecule has 4 aromatic rings. The number of thiophene rings is 2. The Labute approximate surface area is 387 Å². The van der Waals surface area contributed by atoms with E-state index in [0.717, 1.165) is 59.3 Å². The number of aryl methyl sites for hydroxylation is 2. The zero-order valence-corrected chi connectivity index (χ0v) is 42.2. The van der Waals surface area contributed by atoms with Gasteiger partial charge in [0.15, 0.2) is 11.5 Å². The Hall–Kier alpha value is -1.96. The van der Waals surface area contributed by atoms with Crippen molar-refractivity contribution in [2.24, 2.45) is 0 Å². The first-order valence-corrected chi connectivity index (χ1v) is 28.4. The highest BCUT2D eigenvalue weighted by atomic mass is 32.1. The molecule has 4 nitrogen and oxygen atoms in total. The molecule has 0 bridgehead atoms. The zero-order valence-electron chi connectivity index (χ0n) is 39.7. The van der Waals surface area contributed by atoms with Gasteiger partial charge in [-0.2, -0.15) is 8.75 Å². The van der Waals surface area contributed by atoms with E-state index in [1.807, 2.05) is 22.7 Å². The van der Waals surface area contributed by atoms with Gasteiger partial charge < -0.3 is 9.47 Å². The number of rotatable bonds is 40. The molecule has 1 aromatic carbocycles. The largest absolute Gasteiger partial charge is 0.489 e. The monoisotopic (exact) mass is 893 g/mol. The van der Waals surface area contributed by atoms with Crippen molar-refractivity contribution in [2.45, 2.75) is 246 Å². The van der Waals surface area contributed by atoms with E-state index in [-0.39, 0.29) is 0 Å². The first-order valence-electron chi connectivity index (χ1n) is 25.9. The number of aromatic nitrogens is 2. The molecule has 0 saturated heterocycles. The van der Waals surface area contributed by atoms with Crippen molar-refractivity contribution in [2.75, 3.05) is 13.2 Å². The molecule has 0 aliphatic carbocycles. The molecule has 0 spiro atoms. The van der Waals surface area contributed by atoms with Crippen molar-refractivity contribution < 1.29 is 9.47 Å². The molecule has 0 fully saturated rings. The van der Waals surface area contributed by atoms with Gasteiger partial charge in [0.2, 0.25) is 0 Å². The lowest BCUT2D eigenvalue weighted by Crippen LogP contribution is -2.06.